The van der Waals surface area contributed by atoms with Crippen LogP contribution in [0.25, 0.3) is 22.8 Å². The fraction of sp³-hybridized carbons (Fsp3) is 0.474. The minimum atomic E-state index is -0.405. The van der Waals surface area contributed by atoms with Crippen LogP contribution in [-0.4, -0.2) is 87.5 Å². The number of nitrogens with two attached hydrogens (primary N) is 1. The largest absolute Gasteiger partial charge is 0.399 e. The van der Waals surface area contributed by atoms with Crippen LogP contribution in [0.15, 0.2) is 60.7 Å². The number of nitrogens with zero attached hydrogens (tertiary/aromatic N) is 7. The number of morpholine rings is 2. The lowest BCUT2D eigenvalue weighted by Crippen LogP contribution is -2.46. The molecule has 0 saturated carbocycles. The molecule has 14 nitrogen and oxygen atoms in total. The molecule has 4 fully saturated rings. The summed E-state index contributed by atoms with van der Waals surface area (Å²) in [6.45, 7) is 11.4. The van der Waals surface area contributed by atoms with E-state index < -0.39 is 4.92 Å². The fourth-order valence-corrected chi connectivity index (χ4v) is 7.50. The van der Waals surface area contributed by atoms with E-state index in [0.29, 0.717) is 36.0 Å². The lowest BCUT2D eigenvalue weighted by Gasteiger charge is -2.36. The van der Waals surface area contributed by atoms with E-state index in [1.165, 1.54) is 25.0 Å². The van der Waals surface area contributed by atoms with Crippen molar-refractivity contribution in [1.29, 1.82) is 0 Å². The van der Waals surface area contributed by atoms with Gasteiger partial charge < -0.3 is 35.6 Å². The Morgan fingerprint density at radius 2 is 1.06 bits per heavy atom. The molecule has 4 aromatic rings. The summed E-state index contributed by atoms with van der Waals surface area (Å²) in [5.41, 5.74) is 8.35. The van der Waals surface area contributed by atoms with Gasteiger partial charge in [0.05, 0.1) is 55.5 Å². The molecule has 6 heterocycles. The third-order valence-electron chi connectivity index (χ3n) is 9.81. The molecule has 4 bridgehead atoms. The molecule has 14 heteroatoms. The Balaban J connectivity index is 0.000000162. The smallest absolute Gasteiger partial charge is 0.269 e. The maximum atomic E-state index is 10.9. The van der Waals surface area contributed by atoms with Crippen LogP contribution >= 0.6 is 0 Å². The van der Waals surface area contributed by atoms with E-state index >= 15 is 0 Å². The van der Waals surface area contributed by atoms with Crippen LogP contribution in [0.1, 0.15) is 53.4 Å². The molecule has 4 atom stereocenters. The predicted octanol–water partition coefficient (Wildman–Crippen LogP) is 6.15. The number of benzene rings is 2. The number of hydrogen-bond donors (Lipinski definition) is 3. The van der Waals surface area contributed by atoms with Crippen LogP contribution in [0.5, 0.6) is 0 Å². The molecule has 0 radical (unpaired) electrons. The number of hydrogen-bond acceptors (Lipinski definition) is 13. The Kier molecular flexibility index (Phi) is 10.4. The van der Waals surface area contributed by atoms with Crippen molar-refractivity contribution in [2.45, 2.75) is 89.6 Å². The van der Waals surface area contributed by atoms with Gasteiger partial charge in [-0.3, -0.25) is 10.1 Å². The molecule has 4 saturated heterocycles. The first-order chi connectivity index (χ1) is 25.1. The van der Waals surface area contributed by atoms with Crippen molar-refractivity contribution in [3.63, 3.8) is 0 Å². The van der Waals surface area contributed by atoms with E-state index in [4.69, 9.17) is 30.2 Å². The lowest BCUT2D eigenvalue weighted by molar-refractivity contribution is -0.384. The zero-order chi connectivity index (χ0) is 36.4. The minimum Gasteiger partial charge on any atom is -0.399 e. The van der Waals surface area contributed by atoms with Gasteiger partial charge in [-0.2, -0.15) is 0 Å². The SMILES string of the molecule is CC(C)Nc1cc(N2C3CCC2COC3)nc(-c2ccc(N)cc2)n1.CC(C)Nc1cc(N2C3CCC2COC3)nc(-c2ccc([N+](=O)[O-])cc2)n1. The van der Waals surface area contributed by atoms with Crippen molar-refractivity contribution < 1.29 is 14.4 Å². The monoisotopic (exact) mass is 708 g/mol. The first-order valence-corrected chi connectivity index (χ1v) is 18.3. The molecule has 4 aliphatic heterocycles. The molecule has 0 amide bonds. The molecule has 8 rings (SSSR count). The molecule has 274 valence electrons. The number of nitro benzene ring substituents is 1. The minimum absolute atomic E-state index is 0.0571. The number of anilines is 5. The Hall–Kier alpha value is -5.08. The van der Waals surface area contributed by atoms with Gasteiger partial charge in [0.1, 0.15) is 23.3 Å². The van der Waals surface area contributed by atoms with Gasteiger partial charge in [-0.05, 0) is 89.8 Å². The fourth-order valence-electron chi connectivity index (χ4n) is 7.50. The molecule has 0 spiro atoms. The number of nitrogens with one attached hydrogen (secondary N) is 2. The van der Waals surface area contributed by atoms with Gasteiger partial charge in [-0.15, -0.1) is 0 Å². The Labute approximate surface area is 304 Å². The second-order valence-electron chi connectivity index (χ2n) is 14.6. The van der Waals surface area contributed by atoms with Crippen LogP contribution in [-0.2, 0) is 9.47 Å². The summed E-state index contributed by atoms with van der Waals surface area (Å²) in [6.07, 6.45) is 4.54. The zero-order valence-electron chi connectivity index (χ0n) is 30.2. The molecular weight excluding hydrogens is 660 g/mol. The quantitative estimate of drug-likeness (QED) is 0.103. The average molecular weight is 709 g/mol. The van der Waals surface area contributed by atoms with Crippen molar-refractivity contribution >= 4 is 34.6 Å². The average Bonchev–Trinajstić information content (AvgIpc) is 3.53. The highest BCUT2D eigenvalue weighted by atomic mass is 16.6. The van der Waals surface area contributed by atoms with E-state index in [9.17, 15) is 10.1 Å². The van der Waals surface area contributed by atoms with Gasteiger partial charge in [0.2, 0.25) is 0 Å². The number of nitro groups is 1. The molecule has 2 aromatic heterocycles. The first-order valence-electron chi connectivity index (χ1n) is 18.3. The summed E-state index contributed by atoms with van der Waals surface area (Å²) in [4.78, 5) is 34.3. The summed E-state index contributed by atoms with van der Waals surface area (Å²) >= 11 is 0. The van der Waals surface area contributed by atoms with Gasteiger partial charge >= 0.3 is 0 Å². The van der Waals surface area contributed by atoms with Gasteiger partial charge in [-0.1, -0.05) is 0 Å². The number of fused-ring (bicyclic) bond motifs is 4. The highest BCUT2D eigenvalue weighted by Crippen LogP contribution is 2.36. The van der Waals surface area contributed by atoms with Crippen LogP contribution in [0, 0.1) is 10.1 Å². The van der Waals surface area contributed by atoms with Crippen molar-refractivity contribution in [1.82, 2.24) is 19.9 Å². The molecule has 2 aromatic carbocycles. The standard InChI is InChI=1S/C19H23N5O3.C19H25N5O/c1-12(2)20-17-9-18(23-15-7-8-16(23)11-27-10-15)22-19(21-17)13-3-5-14(6-4-13)24(25)26;1-12(2)21-17-9-18(24-15-7-8-16(24)11-25-10-15)23-19(22-17)13-3-5-14(20)6-4-13/h3-6,9,12,15-16H,7-8,10-11H2,1-2H3,(H,20,21,22);3-6,9,12,15-16H,7-8,10-11,20H2,1-2H3,(H,21,22,23). The number of rotatable bonds is 9. The lowest BCUT2D eigenvalue weighted by atomic mass is 10.2. The van der Waals surface area contributed by atoms with Crippen LogP contribution in [0.3, 0.4) is 0 Å². The van der Waals surface area contributed by atoms with Gasteiger partial charge in [0, 0.05) is 53.2 Å². The Bertz CT molecular complexity index is 1820. The molecular formula is C38H48N10O4. The zero-order valence-corrected chi connectivity index (χ0v) is 30.2. The summed E-state index contributed by atoms with van der Waals surface area (Å²) in [5.74, 6) is 4.79. The second-order valence-corrected chi connectivity index (χ2v) is 14.6. The van der Waals surface area contributed by atoms with Crippen molar-refractivity contribution in [2.24, 2.45) is 0 Å². The van der Waals surface area contributed by atoms with E-state index in [2.05, 4.69) is 59.2 Å². The topological polar surface area (TPSA) is 170 Å². The number of non-ortho nitro benzene ring substituents is 1. The summed E-state index contributed by atoms with van der Waals surface area (Å²) < 4.78 is 11.4. The van der Waals surface area contributed by atoms with E-state index in [0.717, 1.165) is 85.2 Å². The van der Waals surface area contributed by atoms with Crippen LogP contribution in [0.4, 0.5) is 34.6 Å². The molecule has 4 unspecified atom stereocenters. The van der Waals surface area contributed by atoms with Crippen molar-refractivity contribution in [2.75, 3.05) is 52.6 Å². The third-order valence-corrected chi connectivity index (χ3v) is 9.81. The van der Waals surface area contributed by atoms with Crippen molar-refractivity contribution in [3.8, 4) is 22.8 Å². The molecule has 0 aliphatic carbocycles. The van der Waals surface area contributed by atoms with Gasteiger partial charge in [0.15, 0.2) is 11.6 Å². The predicted molar refractivity (Wildman–Crippen MR) is 204 cm³/mol. The van der Waals surface area contributed by atoms with E-state index in [1.807, 2.05) is 30.3 Å². The highest BCUT2D eigenvalue weighted by molar-refractivity contribution is 5.65. The normalized spacial score (nSPS) is 22.0. The third kappa shape index (κ3) is 7.87. The second kappa shape index (κ2) is 15.3. The van der Waals surface area contributed by atoms with Crippen LogP contribution < -0.4 is 26.2 Å². The molecule has 4 N–H and O–H groups in total. The molecule has 52 heavy (non-hydrogen) atoms. The molecule has 4 aliphatic rings. The maximum Gasteiger partial charge on any atom is 0.269 e. The maximum absolute atomic E-state index is 10.9. The van der Waals surface area contributed by atoms with Gasteiger partial charge in [-0.25, -0.2) is 19.9 Å². The van der Waals surface area contributed by atoms with Gasteiger partial charge in [0.25, 0.3) is 5.69 Å². The Morgan fingerprint density at radius 1 is 0.673 bits per heavy atom. The van der Waals surface area contributed by atoms with Crippen LogP contribution in [0.2, 0.25) is 0 Å². The number of nitrogen functional groups attached to an aromatic ring is 1. The van der Waals surface area contributed by atoms with E-state index in [1.54, 1.807) is 12.1 Å². The number of ether oxygens (including phenoxy) is 2. The summed E-state index contributed by atoms with van der Waals surface area (Å²) in [6, 6.07) is 20.2. The van der Waals surface area contributed by atoms with E-state index in [-0.39, 0.29) is 11.7 Å². The van der Waals surface area contributed by atoms with Crippen molar-refractivity contribution in [3.05, 3.63) is 70.8 Å². The summed E-state index contributed by atoms with van der Waals surface area (Å²) in [5, 5.41) is 17.7. The summed E-state index contributed by atoms with van der Waals surface area (Å²) in [7, 11) is 0. The highest BCUT2D eigenvalue weighted by Gasteiger charge is 2.39. The number of aromatic nitrogens is 4. The first kappa shape index (κ1) is 35.3. The Morgan fingerprint density at radius 3 is 1.42 bits per heavy atom.